The number of nitrogens with one attached hydrogen (secondary N) is 1. The number of nitrogens with zero attached hydrogens (tertiary/aromatic N) is 2. The number of carbonyl (C=O) groups excluding carboxylic acids is 1. The summed E-state index contributed by atoms with van der Waals surface area (Å²) in [4.78, 5) is 20.1. The highest BCUT2D eigenvalue weighted by Crippen LogP contribution is 2.43. The molecule has 1 amide bonds. The van der Waals surface area contributed by atoms with Gasteiger partial charge in [-0.25, -0.2) is 4.39 Å². The number of hydrogen-bond donors (Lipinski definition) is 1. The summed E-state index contributed by atoms with van der Waals surface area (Å²) < 4.78 is 15.1. The lowest BCUT2D eigenvalue weighted by atomic mass is 9.91. The fourth-order valence-corrected chi connectivity index (χ4v) is 4.28. The second kappa shape index (κ2) is 7.84. The average molecular weight is 411 g/mol. The van der Waals surface area contributed by atoms with Crippen LogP contribution >= 0.6 is 0 Å². The number of hydrogen-bond acceptors (Lipinski definition) is 3. The van der Waals surface area contributed by atoms with E-state index in [1.54, 1.807) is 23.1 Å². The molecule has 0 aliphatic carbocycles. The topological polar surface area (TPSA) is 44.7 Å². The Hall–Kier alpha value is -3.73. The molecule has 31 heavy (non-hydrogen) atoms. The molecule has 4 nitrogen and oxygen atoms in total. The average Bonchev–Trinajstić information content (AvgIpc) is 2.93. The molecule has 0 saturated carbocycles. The smallest absolute Gasteiger partial charge is 0.275 e. The molecule has 0 spiro atoms. The van der Waals surface area contributed by atoms with Gasteiger partial charge in [-0.15, -0.1) is 0 Å². The van der Waals surface area contributed by atoms with Gasteiger partial charge in [-0.3, -0.25) is 14.7 Å². The van der Waals surface area contributed by atoms with E-state index in [2.05, 4.69) is 5.32 Å². The monoisotopic (exact) mass is 411 g/mol. The summed E-state index contributed by atoms with van der Waals surface area (Å²) in [6.07, 6.45) is 0. The summed E-state index contributed by atoms with van der Waals surface area (Å²) in [5, 5.41) is 3.27. The number of halogens is 1. The van der Waals surface area contributed by atoms with Crippen molar-refractivity contribution in [3.05, 3.63) is 113 Å². The Bertz CT molecular complexity index is 1200. The standard InChI is InChI=1S/C26H22FN3O/c1-17-11-13-18(14-12-17)23-22-24(29-16-15-28-23)26(31)30(19-7-3-2-4-8-19)25(22)20-9-5-6-10-21(20)27/h2-14,25,29H,15-16H2,1H3/t25-/m1/s1. The molecule has 1 N–H and O–H groups in total. The molecule has 154 valence electrons. The largest absolute Gasteiger partial charge is 0.378 e. The van der Waals surface area contributed by atoms with Crippen molar-refractivity contribution in [1.29, 1.82) is 0 Å². The van der Waals surface area contributed by atoms with Gasteiger partial charge in [0.2, 0.25) is 0 Å². The highest BCUT2D eigenvalue weighted by atomic mass is 19.1. The Kier molecular flexibility index (Phi) is 4.86. The Morgan fingerprint density at radius 1 is 0.968 bits per heavy atom. The Morgan fingerprint density at radius 2 is 1.68 bits per heavy atom. The molecule has 0 fully saturated rings. The molecule has 2 heterocycles. The number of anilines is 1. The van der Waals surface area contributed by atoms with Crippen molar-refractivity contribution >= 4 is 17.3 Å². The maximum absolute atomic E-state index is 15.1. The van der Waals surface area contributed by atoms with Crippen LogP contribution in [0.15, 0.2) is 95.1 Å². The van der Waals surface area contributed by atoms with Crippen molar-refractivity contribution in [2.24, 2.45) is 4.99 Å². The van der Waals surface area contributed by atoms with E-state index >= 15 is 4.39 Å². The normalized spacial score (nSPS) is 18.4. The SMILES string of the molecule is Cc1ccc(C2=NCCNC3=C2[C@@H](c2ccccc2F)N(c2ccccc2)C3=O)cc1. The summed E-state index contributed by atoms with van der Waals surface area (Å²) in [6, 6.07) is 23.5. The van der Waals surface area contributed by atoms with Crippen LogP contribution in [0.4, 0.5) is 10.1 Å². The third kappa shape index (κ3) is 3.32. The van der Waals surface area contributed by atoms with Gasteiger partial charge in [0.05, 0.1) is 18.3 Å². The first-order valence-corrected chi connectivity index (χ1v) is 10.4. The summed E-state index contributed by atoms with van der Waals surface area (Å²) in [6.45, 7) is 3.12. The lowest BCUT2D eigenvalue weighted by Crippen LogP contribution is -2.34. The number of carbonyl (C=O) groups is 1. The fraction of sp³-hybridized carbons (Fsp3) is 0.154. The van der Waals surface area contributed by atoms with E-state index in [0.717, 1.165) is 28.1 Å². The summed E-state index contributed by atoms with van der Waals surface area (Å²) in [7, 11) is 0. The molecule has 0 unspecified atom stereocenters. The first-order valence-electron chi connectivity index (χ1n) is 10.4. The summed E-state index contributed by atoms with van der Waals surface area (Å²) in [5.41, 5.74) is 5.19. The Morgan fingerprint density at radius 3 is 2.42 bits per heavy atom. The van der Waals surface area contributed by atoms with Crippen molar-refractivity contribution in [3.8, 4) is 0 Å². The molecule has 3 aromatic rings. The van der Waals surface area contributed by atoms with Gasteiger partial charge >= 0.3 is 0 Å². The molecule has 5 rings (SSSR count). The molecule has 0 saturated heterocycles. The van der Waals surface area contributed by atoms with E-state index in [1.807, 2.05) is 61.5 Å². The number of aryl methyl sites for hydroxylation is 1. The molecule has 2 aliphatic rings. The Balaban J connectivity index is 1.74. The minimum Gasteiger partial charge on any atom is -0.378 e. The zero-order chi connectivity index (χ0) is 21.4. The van der Waals surface area contributed by atoms with Crippen LogP contribution in [0.5, 0.6) is 0 Å². The van der Waals surface area contributed by atoms with Crippen molar-refractivity contribution < 1.29 is 9.18 Å². The van der Waals surface area contributed by atoms with E-state index in [1.165, 1.54) is 6.07 Å². The fourth-order valence-electron chi connectivity index (χ4n) is 4.28. The summed E-state index contributed by atoms with van der Waals surface area (Å²) >= 11 is 0. The van der Waals surface area contributed by atoms with Gasteiger partial charge in [-0.05, 0) is 25.1 Å². The van der Waals surface area contributed by atoms with E-state index in [0.29, 0.717) is 24.4 Å². The number of para-hydroxylation sites is 1. The molecule has 0 radical (unpaired) electrons. The maximum Gasteiger partial charge on any atom is 0.275 e. The Labute approximate surface area is 180 Å². The third-order valence-electron chi connectivity index (χ3n) is 5.73. The van der Waals surface area contributed by atoms with E-state index < -0.39 is 6.04 Å². The van der Waals surface area contributed by atoms with Crippen LogP contribution in [0.2, 0.25) is 0 Å². The van der Waals surface area contributed by atoms with Crippen LogP contribution in [-0.4, -0.2) is 24.7 Å². The van der Waals surface area contributed by atoms with E-state index in [9.17, 15) is 4.79 Å². The maximum atomic E-state index is 15.1. The highest BCUT2D eigenvalue weighted by molar-refractivity contribution is 6.23. The van der Waals surface area contributed by atoms with Crippen LogP contribution < -0.4 is 10.2 Å². The lowest BCUT2D eigenvalue weighted by Gasteiger charge is -2.28. The first-order chi connectivity index (χ1) is 15.1. The molecule has 1 atom stereocenters. The van der Waals surface area contributed by atoms with Crippen molar-refractivity contribution in [2.75, 3.05) is 18.0 Å². The number of rotatable bonds is 3. The van der Waals surface area contributed by atoms with E-state index in [-0.39, 0.29) is 11.7 Å². The lowest BCUT2D eigenvalue weighted by molar-refractivity contribution is -0.115. The van der Waals surface area contributed by atoms with Gasteiger partial charge in [-0.1, -0.05) is 66.2 Å². The predicted octanol–water partition coefficient (Wildman–Crippen LogP) is 4.57. The van der Waals surface area contributed by atoms with Crippen LogP contribution in [0.1, 0.15) is 22.7 Å². The van der Waals surface area contributed by atoms with Gasteiger partial charge in [0.1, 0.15) is 11.5 Å². The van der Waals surface area contributed by atoms with Gasteiger partial charge in [-0.2, -0.15) is 0 Å². The zero-order valence-electron chi connectivity index (χ0n) is 17.2. The molecular weight excluding hydrogens is 389 g/mol. The van der Waals surface area contributed by atoms with Gasteiger partial charge in [0, 0.05) is 28.9 Å². The predicted molar refractivity (Wildman–Crippen MR) is 121 cm³/mol. The number of benzene rings is 3. The van der Waals surface area contributed by atoms with Crippen LogP contribution in [0.25, 0.3) is 0 Å². The zero-order valence-corrected chi connectivity index (χ0v) is 17.2. The second-order valence-corrected chi connectivity index (χ2v) is 7.75. The van der Waals surface area contributed by atoms with E-state index in [4.69, 9.17) is 4.99 Å². The number of amides is 1. The molecule has 2 aliphatic heterocycles. The molecular formula is C26H22FN3O. The third-order valence-corrected chi connectivity index (χ3v) is 5.73. The highest BCUT2D eigenvalue weighted by Gasteiger charge is 2.44. The van der Waals surface area contributed by atoms with Crippen LogP contribution in [0, 0.1) is 12.7 Å². The minimum atomic E-state index is -0.614. The van der Waals surface area contributed by atoms with Crippen LogP contribution in [0.3, 0.4) is 0 Å². The quantitative estimate of drug-likeness (QED) is 0.686. The molecule has 5 heteroatoms. The first kappa shape index (κ1) is 19.2. The summed E-state index contributed by atoms with van der Waals surface area (Å²) in [5.74, 6) is -0.515. The molecule has 0 bridgehead atoms. The molecule has 3 aromatic carbocycles. The van der Waals surface area contributed by atoms with Crippen molar-refractivity contribution in [2.45, 2.75) is 13.0 Å². The van der Waals surface area contributed by atoms with Crippen molar-refractivity contribution in [1.82, 2.24) is 5.32 Å². The number of aliphatic imine (C=N–C) groups is 1. The second-order valence-electron chi connectivity index (χ2n) is 7.75. The van der Waals surface area contributed by atoms with Gasteiger partial charge in [0.15, 0.2) is 0 Å². The van der Waals surface area contributed by atoms with Crippen LogP contribution in [-0.2, 0) is 4.79 Å². The molecule has 0 aromatic heterocycles. The minimum absolute atomic E-state index is 0.170. The van der Waals surface area contributed by atoms with Gasteiger partial charge < -0.3 is 5.32 Å². The van der Waals surface area contributed by atoms with Gasteiger partial charge in [0.25, 0.3) is 5.91 Å². The van der Waals surface area contributed by atoms with Crippen molar-refractivity contribution in [3.63, 3.8) is 0 Å².